The van der Waals surface area contributed by atoms with Crippen LogP contribution in [0, 0.1) is 0 Å². The van der Waals surface area contributed by atoms with Crippen LogP contribution in [0.25, 0.3) is 0 Å². The van der Waals surface area contributed by atoms with E-state index in [0.717, 1.165) is 0 Å². The zero-order valence-electron chi connectivity index (χ0n) is 14.3. The Bertz CT molecular complexity index is 354. The van der Waals surface area contributed by atoms with E-state index in [1.54, 1.807) is 0 Å². The van der Waals surface area contributed by atoms with Gasteiger partial charge in [-0.3, -0.25) is 0 Å². The maximum atomic E-state index is 4.08. The van der Waals surface area contributed by atoms with Crippen molar-refractivity contribution in [2.75, 3.05) is 0 Å². The van der Waals surface area contributed by atoms with Gasteiger partial charge in [0.2, 0.25) is 0 Å². The van der Waals surface area contributed by atoms with Gasteiger partial charge in [-0.25, -0.2) is 0 Å². The molecule has 0 rings (SSSR count). The maximum Gasteiger partial charge on any atom is -0.000383 e. The van der Waals surface area contributed by atoms with Crippen LogP contribution >= 0.6 is 225 Å². The summed E-state index contributed by atoms with van der Waals surface area (Å²) in [6.07, 6.45) is 0. The van der Waals surface area contributed by atoms with Gasteiger partial charge >= 0.3 is 0 Å². The Balaban J connectivity index is 6.81. The van der Waals surface area contributed by atoms with Crippen molar-refractivity contribution in [1.82, 2.24) is 0 Å². The summed E-state index contributed by atoms with van der Waals surface area (Å²) >= 11 is 0. The third kappa shape index (κ3) is 14.5. The van der Waals surface area contributed by atoms with Gasteiger partial charge in [-0.15, -0.1) is 116 Å². The lowest BCUT2D eigenvalue weighted by Crippen LogP contribution is -1.63. The summed E-state index contributed by atoms with van der Waals surface area (Å²) in [7, 11) is 50.5. The topological polar surface area (TPSA) is 0 Å². The van der Waals surface area contributed by atoms with Crippen molar-refractivity contribution in [3.05, 3.63) is 0 Å². The molecular weight excluding hydrogens is 867 g/mol. The highest BCUT2D eigenvalue weighted by Crippen LogP contribution is 3.37. The van der Waals surface area contributed by atoms with Crippen LogP contribution in [0.5, 0.6) is 0 Å². The van der Waals surface area contributed by atoms with Crippen molar-refractivity contribution in [3.63, 3.8) is 0 Å². The second-order valence-electron chi connectivity index (χ2n) is 4.25. The van der Waals surface area contributed by atoms with E-state index in [1.807, 2.05) is 0 Å². The summed E-state index contributed by atoms with van der Waals surface area (Å²) in [5, 5.41) is 0. The molecule has 0 saturated heterocycles. The van der Waals surface area contributed by atoms with E-state index < -0.39 is 0 Å². The highest BCUT2D eigenvalue weighted by Gasteiger charge is 2.49. The van der Waals surface area contributed by atoms with Crippen LogP contribution in [-0.4, -0.2) is 0 Å². The monoisotopic (exact) mass is 895 g/mol. The molecule has 28 heteroatoms. The lowest BCUT2D eigenvalue weighted by molar-refractivity contribution is 4.43. The Labute approximate surface area is 222 Å². The highest BCUT2D eigenvalue weighted by molar-refractivity contribution is 9.42. The van der Waals surface area contributed by atoms with Crippen molar-refractivity contribution in [2.24, 2.45) is 0 Å². The molecule has 28 heavy (non-hydrogen) atoms. The molecule has 0 fully saturated rings. The van der Waals surface area contributed by atoms with Crippen molar-refractivity contribution < 1.29 is 0 Å². The number of hydrogen-bond donors (Lipinski definition) is 0. The molecule has 0 aromatic carbocycles. The molecule has 0 bridgehead atoms. The van der Waals surface area contributed by atoms with E-state index in [9.17, 15) is 0 Å². The van der Waals surface area contributed by atoms with Crippen LogP contribution in [0.1, 0.15) is 0 Å². The second kappa shape index (κ2) is 21.7. The molecule has 0 nitrogen and oxygen atoms in total. The van der Waals surface area contributed by atoms with Gasteiger partial charge in [0.1, 0.15) is 0 Å². The molecule has 0 N–H and O–H groups in total. The molecule has 168 valence electrons. The van der Waals surface area contributed by atoms with E-state index in [4.69, 9.17) is 0 Å². The number of hydrogen-bond acceptors (Lipinski definition) is 0. The van der Waals surface area contributed by atoms with E-state index in [2.05, 4.69) is 134 Å². The van der Waals surface area contributed by atoms with Gasteiger partial charge in [0.25, 0.3) is 0 Å². The number of rotatable bonds is 12. The molecular formula is H28P28. The Morgan fingerprint density at radius 3 is 0.714 bits per heavy atom. The third-order valence-corrected chi connectivity index (χ3v) is 184. The molecule has 0 aromatic rings. The van der Waals surface area contributed by atoms with Crippen molar-refractivity contribution in [1.29, 1.82) is 0 Å². The predicted octanol–water partition coefficient (Wildman–Crippen LogP) is 16.6. The molecule has 15 unspecified atom stereocenters. The minimum atomic E-state index is -0.263. The molecule has 0 spiro atoms. The van der Waals surface area contributed by atoms with Crippen molar-refractivity contribution in [2.45, 2.75) is 0 Å². The maximum absolute atomic E-state index is 4.08. The summed E-state index contributed by atoms with van der Waals surface area (Å²) in [6.45, 7) is -0.625. The fraction of sp³-hybridized carbons (Fsp3) is 0. The smallest absolute Gasteiger partial charge is 0.000383 e. The standard InChI is InChI=1S/H28P28/c1-16(2)23(15)27(24(17(3)4)18(5)6)28(25(19(7)8)20(9)10)26(21(11)12)22(13)14/h1-2H,3-15H2. The molecule has 0 aromatic heterocycles. The summed E-state index contributed by atoms with van der Waals surface area (Å²) in [6, 6.07) is 0. The molecule has 0 heterocycles. The van der Waals surface area contributed by atoms with Gasteiger partial charge in [0.15, 0.2) is 0 Å². The largest absolute Gasteiger partial charge is 0.102 e. The summed E-state index contributed by atoms with van der Waals surface area (Å²) in [5.41, 5.74) is 0. The van der Waals surface area contributed by atoms with E-state index in [1.165, 1.54) is 0 Å². The molecule has 2 radical (unpaired) electrons. The first-order valence-electron chi connectivity index (χ1n) is 6.20. The fourth-order valence-corrected chi connectivity index (χ4v) is 350. The third-order valence-electron chi connectivity index (χ3n) is 2.27. The SMILES string of the molecule is [PH]P([PH])P(P)P(P(P(P)P)P(P)P)P(P(P(P)P)P(P)P)P(P(P)P)P(P)P. The first kappa shape index (κ1) is 40.0. The minimum Gasteiger partial charge on any atom is -0.102 e. The fourth-order valence-electron chi connectivity index (χ4n) is 1.44. The molecule has 0 amide bonds. The van der Waals surface area contributed by atoms with E-state index >= 15 is 0 Å². The average Bonchev–Trinajstić information content (AvgIpc) is 2.48. The lowest BCUT2D eigenvalue weighted by atomic mass is 28.5. The summed E-state index contributed by atoms with van der Waals surface area (Å²) in [5.74, 6) is 0. The van der Waals surface area contributed by atoms with Gasteiger partial charge < -0.3 is 0 Å². The van der Waals surface area contributed by atoms with E-state index in [-0.39, 0.29) is 90.8 Å². The molecule has 0 saturated carbocycles. The van der Waals surface area contributed by atoms with Crippen molar-refractivity contribution in [3.8, 4) is 0 Å². The lowest BCUT2D eigenvalue weighted by Gasteiger charge is -2.51. The molecule has 0 aliphatic rings. The van der Waals surface area contributed by atoms with E-state index in [0.29, 0.717) is 0 Å². The van der Waals surface area contributed by atoms with Crippen LogP contribution < -0.4 is 0 Å². The zero-order chi connectivity index (χ0) is 22.5. The van der Waals surface area contributed by atoms with Crippen LogP contribution in [0.2, 0.25) is 0 Å². The summed E-state index contributed by atoms with van der Waals surface area (Å²) in [4.78, 5) is 0. The van der Waals surface area contributed by atoms with Gasteiger partial charge in [0.05, 0.1) is 0 Å². The second-order valence-corrected chi connectivity index (χ2v) is 115. The summed E-state index contributed by atoms with van der Waals surface area (Å²) < 4.78 is 0. The Morgan fingerprint density at radius 1 is 0.321 bits per heavy atom. The van der Waals surface area contributed by atoms with Crippen LogP contribution in [0.4, 0.5) is 0 Å². The first-order valence-corrected chi connectivity index (χ1v) is 55.8. The van der Waals surface area contributed by atoms with Gasteiger partial charge in [-0.05, 0) is 90.8 Å². The van der Waals surface area contributed by atoms with Gasteiger partial charge in [-0.2, -0.15) is 0 Å². The van der Waals surface area contributed by atoms with Crippen molar-refractivity contribution >= 4 is 225 Å². The minimum absolute atomic E-state index is 0.00342. The quantitative estimate of drug-likeness (QED) is 0.171. The van der Waals surface area contributed by atoms with Gasteiger partial charge in [-0.1, -0.05) is 17.9 Å². The highest BCUT2D eigenvalue weighted by atomic mass is 33.5. The van der Waals surface area contributed by atoms with Crippen LogP contribution in [-0.2, 0) is 0 Å². The predicted molar refractivity (Wildman–Crippen MR) is 233 cm³/mol. The average molecular weight is 895 g/mol. The normalized spacial score (nSPS) is 16.1. The molecule has 0 aliphatic heterocycles. The first-order chi connectivity index (χ1) is 12.7. The van der Waals surface area contributed by atoms with Crippen LogP contribution in [0.3, 0.4) is 0 Å². The van der Waals surface area contributed by atoms with Gasteiger partial charge in [0, 0.05) is 0 Å². The Kier molecular flexibility index (Phi) is 31.0. The molecule has 0 aliphatic carbocycles. The molecule has 15 atom stereocenters. The Hall–Kier alpha value is 12.0. The Morgan fingerprint density at radius 2 is 0.536 bits per heavy atom. The van der Waals surface area contributed by atoms with Crippen LogP contribution in [0.15, 0.2) is 0 Å². The zero-order valence-corrected chi connectivity index (χ0v) is 43.0.